The fraction of sp³-hybridized carbons (Fsp3) is 0.125. The van der Waals surface area contributed by atoms with Gasteiger partial charge in [-0.1, -0.05) is 48.5 Å². The molecule has 1 heterocycles. The molecule has 1 aromatic heterocycles. The summed E-state index contributed by atoms with van der Waals surface area (Å²) in [5.41, 5.74) is -0.00725. The Bertz CT molecular complexity index is 1570. The molecule has 14 heteroatoms. The Morgan fingerprint density at radius 2 is 1.32 bits per heavy atom. The monoisotopic (exact) mass is 567 g/mol. The van der Waals surface area contributed by atoms with Gasteiger partial charge in [-0.3, -0.25) is 0 Å². The highest BCUT2D eigenvalue weighted by atomic mass is 32.2. The molecule has 0 atom stereocenters. The number of halogens is 3. The number of rotatable bonds is 6. The SMILES string of the molecule is CN(C)c1ccc(-c2cc(C(F)(F)F)nn2NS(=O)(=O)c2ccccc2)cc1.NS(=O)(=O)c1ccccc1. The van der Waals surface area contributed by atoms with Crippen LogP contribution in [0.15, 0.2) is 101 Å². The van der Waals surface area contributed by atoms with Crippen molar-refractivity contribution < 1.29 is 30.0 Å². The maximum Gasteiger partial charge on any atom is 0.435 e. The summed E-state index contributed by atoms with van der Waals surface area (Å²) in [7, 11) is -3.97. The molecule has 4 rings (SSSR count). The van der Waals surface area contributed by atoms with Crippen molar-refractivity contribution in [3.05, 3.63) is 96.7 Å². The van der Waals surface area contributed by atoms with Crippen LogP contribution in [0.4, 0.5) is 18.9 Å². The molecule has 0 amide bonds. The first kappa shape index (κ1) is 28.7. The predicted octanol–water partition coefficient (Wildman–Crippen LogP) is 3.90. The Labute approximate surface area is 218 Å². The predicted molar refractivity (Wildman–Crippen MR) is 138 cm³/mol. The fourth-order valence-electron chi connectivity index (χ4n) is 3.10. The first-order valence-corrected chi connectivity index (χ1v) is 13.8. The van der Waals surface area contributed by atoms with Crippen LogP contribution in [0.25, 0.3) is 11.3 Å². The van der Waals surface area contributed by atoms with Crippen LogP contribution < -0.4 is 14.9 Å². The number of sulfonamides is 2. The van der Waals surface area contributed by atoms with E-state index >= 15 is 0 Å². The first-order chi connectivity index (χ1) is 17.7. The Balaban J connectivity index is 0.000000336. The standard InChI is InChI=1S/C18H17F3N4O2S.C6H7NO2S/c1-24(2)14-10-8-13(9-11-14)16-12-17(18(19,20)21)22-25(16)23-28(26,27)15-6-4-3-5-7-15;7-10(8,9)6-4-2-1-3-5-6/h3-12,23H,1-2H3;1-5H,(H2,7,8,9). The van der Waals surface area contributed by atoms with E-state index in [1.807, 2.05) is 19.0 Å². The zero-order valence-corrected chi connectivity index (χ0v) is 21.8. The van der Waals surface area contributed by atoms with Crippen LogP contribution in [0.3, 0.4) is 0 Å². The number of primary sulfonamides is 1. The molecule has 38 heavy (non-hydrogen) atoms. The molecule has 9 nitrogen and oxygen atoms in total. The lowest BCUT2D eigenvalue weighted by molar-refractivity contribution is -0.141. The summed E-state index contributed by atoms with van der Waals surface area (Å²) >= 11 is 0. The maximum absolute atomic E-state index is 13.2. The first-order valence-electron chi connectivity index (χ1n) is 10.8. The van der Waals surface area contributed by atoms with Crippen LogP contribution in [0.2, 0.25) is 0 Å². The van der Waals surface area contributed by atoms with Crippen molar-refractivity contribution in [3.8, 4) is 11.3 Å². The van der Waals surface area contributed by atoms with Gasteiger partial charge in [0.05, 0.1) is 15.5 Å². The quantitative estimate of drug-likeness (QED) is 0.364. The number of nitrogens with two attached hydrogens (primary N) is 1. The van der Waals surface area contributed by atoms with Gasteiger partial charge >= 0.3 is 6.18 Å². The lowest BCUT2D eigenvalue weighted by Crippen LogP contribution is -2.25. The van der Waals surface area contributed by atoms with Gasteiger partial charge in [-0.15, -0.1) is 5.10 Å². The number of anilines is 1. The summed E-state index contributed by atoms with van der Waals surface area (Å²) in [4.78, 5) is 4.63. The molecule has 3 aromatic carbocycles. The van der Waals surface area contributed by atoms with Gasteiger partial charge in [-0.2, -0.15) is 31.2 Å². The highest BCUT2D eigenvalue weighted by Gasteiger charge is 2.35. The molecule has 0 saturated carbocycles. The Morgan fingerprint density at radius 3 is 1.74 bits per heavy atom. The minimum atomic E-state index is -4.72. The summed E-state index contributed by atoms with van der Waals surface area (Å²) in [6.45, 7) is 0. The third-order valence-electron chi connectivity index (χ3n) is 5.01. The van der Waals surface area contributed by atoms with E-state index in [9.17, 15) is 30.0 Å². The molecule has 0 aliphatic heterocycles. The van der Waals surface area contributed by atoms with E-state index in [0.29, 0.717) is 10.4 Å². The van der Waals surface area contributed by atoms with Gasteiger partial charge in [-0.05, 0) is 42.5 Å². The molecular weight excluding hydrogens is 543 g/mol. The second-order valence-corrected chi connectivity index (χ2v) is 11.3. The number of hydrogen-bond donors (Lipinski definition) is 2. The maximum atomic E-state index is 13.2. The highest BCUT2D eigenvalue weighted by Crippen LogP contribution is 2.32. The van der Waals surface area contributed by atoms with Gasteiger partial charge in [0.2, 0.25) is 10.0 Å². The molecule has 3 N–H and O–H groups in total. The normalized spacial score (nSPS) is 11.8. The minimum absolute atomic E-state index is 0.0304. The topological polar surface area (TPSA) is 127 Å². The van der Waals surface area contributed by atoms with Crippen LogP contribution in [-0.4, -0.2) is 40.8 Å². The number of nitrogens with one attached hydrogen (secondary N) is 1. The highest BCUT2D eigenvalue weighted by molar-refractivity contribution is 7.92. The lowest BCUT2D eigenvalue weighted by Gasteiger charge is -2.14. The molecule has 202 valence electrons. The Hall–Kier alpha value is -3.88. The van der Waals surface area contributed by atoms with Crippen molar-refractivity contribution in [2.24, 2.45) is 5.14 Å². The zero-order chi connectivity index (χ0) is 28.1. The van der Waals surface area contributed by atoms with E-state index in [2.05, 4.69) is 9.93 Å². The third kappa shape index (κ3) is 7.34. The minimum Gasteiger partial charge on any atom is -0.378 e. The molecule has 4 aromatic rings. The number of hydrogen-bond acceptors (Lipinski definition) is 6. The number of alkyl halides is 3. The van der Waals surface area contributed by atoms with Crippen LogP contribution >= 0.6 is 0 Å². The van der Waals surface area contributed by atoms with E-state index in [4.69, 9.17) is 5.14 Å². The van der Waals surface area contributed by atoms with Gasteiger partial charge in [-0.25, -0.2) is 13.6 Å². The molecule has 0 bridgehead atoms. The van der Waals surface area contributed by atoms with Crippen LogP contribution in [0, 0.1) is 0 Å². The van der Waals surface area contributed by atoms with E-state index in [0.717, 1.165) is 11.8 Å². The van der Waals surface area contributed by atoms with Crippen molar-refractivity contribution in [3.63, 3.8) is 0 Å². The molecule has 0 aliphatic rings. The smallest absolute Gasteiger partial charge is 0.378 e. The Kier molecular flexibility index (Phi) is 8.49. The lowest BCUT2D eigenvalue weighted by atomic mass is 10.1. The largest absolute Gasteiger partial charge is 0.435 e. The van der Waals surface area contributed by atoms with Gasteiger partial charge in [0.15, 0.2) is 5.69 Å². The summed E-state index contributed by atoms with van der Waals surface area (Å²) in [5.74, 6) is 0. The van der Waals surface area contributed by atoms with Crippen LogP contribution in [0.5, 0.6) is 0 Å². The van der Waals surface area contributed by atoms with Crippen molar-refractivity contribution in [2.45, 2.75) is 16.0 Å². The van der Waals surface area contributed by atoms with Crippen LogP contribution in [-0.2, 0) is 26.2 Å². The van der Waals surface area contributed by atoms with Gasteiger partial charge in [0.25, 0.3) is 10.0 Å². The average molecular weight is 568 g/mol. The molecule has 0 radical (unpaired) electrons. The number of aromatic nitrogens is 2. The summed E-state index contributed by atoms with van der Waals surface area (Å²) in [5, 5.41) is 8.25. The summed E-state index contributed by atoms with van der Waals surface area (Å²) in [6.07, 6.45) is -4.72. The van der Waals surface area contributed by atoms with Crippen molar-refractivity contribution >= 4 is 25.7 Å². The molecule has 0 fully saturated rings. The van der Waals surface area contributed by atoms with Gasteiger partial charge in [0, 0.05) is 25.3 Å². The second kappa shape index (κ2) is 11.2. The van der Waals surface area contributed by atoms with Gasteiger partial charge < -0.3 is 4.90 Å². The number of nitrogens with zero attached hydrogens (tertiary/aromatic N) is 3. The third-order valence-corrected chi connectivity index (χ3v) is 7.25. The van der Waals surface area contributed by atoms with E-state index in [-0.39, 0.29) is 15.5 Å². The second-order valence-electron chi connectivity index (χ2n) is 8.03. The molecule has 0 unspecified atom stereocenters. The number of benzene rings is 3. The fourth-order valence-corrected chi connectivity index (χ4v) is 4.63. The van der Waals surface area contributed by atoms with E-state index < -0.39 is 31.9 Å². The van der Waals surface area contributed by atoms with E-state index in [1.165, 1.54) is 36.4 Å². The van der Waals surface area contributed by atoms with E-state index in [1.54, 1.807) is 48.5 Å². The average Bonchev–Trinajstić information content (AvgIpc) is 3.29. The van der Waals surface area contributed by atoms with Crippen molar-refractivity contribution in [1.82, 2.24) is 9.89 Å². The van der Waals surface area contributed by atoms with Crippen molar-refractivity contribution in [1.29, 1.82) is 0 Å². The zero-order valence-electron chi connectivity index (χ0n) is 20.2. The molecular formula is C24H24F3N5O4S2. The van der Waals surface area contributed by atoms with Crippen LogP contribution in [0.1, 0.15) is 5.69 Å². The van der Waals surface area contributed by atoms with Crippen molar-refractivity contribution in [2.75, 3.05) is 23.8 Å². The summed E-state index contributed by atoms with van der Waals surface area (Å²) < 4.78 is 85.8. The molecule has 0 saturated heterocycles. The Morgan fingerprint density at radius 1 is 0.816 bits per heavy atom. The summed E-state index contributed by atoms with van der Waals surface area (Å²) in [6, 6.07) is 22.6. The molecule has 0 spiro atoms. The molecule has 0 aliphatic carbocycles. The van der Waals surface area contributed by atoms with Gasteiger partial charge in [0.1, 0.15) is 0 Å².